The van der Waals surface area contributed by atoms with Crippen molar-refractivity contribution in [2.45, 2.75) is 40.0 Å². The van der Waals surface area contributed by atoms with E-state index in [0.717, 1.165) is 24.0 Å². The van der Waals surface area contributed by atoms with Gasteiger partial charge in [-0.2, -0.15) is 4.98 Å². The maximum Gasteiger partial charge on any atom is 0.257 e. The molecule has 2 rings (SSSR count). The van der Waals surface area contributed by atoms with Crippen LogP contribution in [0.5, 0.6) is 0 Å². The van der Waals surface area contributed by atoms with E-state index in [0.29, 0.717) is 24.7 Å². The van der Waals surface area contributed by atoms with Crippen LogP contribution in [0.2, 0.25) is 0 Å². The number of benzene rings is 1. The average molecular weight is 315 g/mol. The summed E-state index contributed by atoms with van der Waals surface area (Å²) >= 11 is 0. The van der Waals surface area contributed by atoms with E-state index >= 15 is 0 Å². The Labute approximate surface area is 137 Å². The molecule has 23 heavy (non-hydrogen) atoms. The van der Waals surface area contributed by atoms with E-state index in [2.05, 4.69) is 10.1 Å². The highest BCUT2D eigenvalue weighted by Crippen LogP contribution is 2.18. The van der Waals surface area contributed by atoms with Gasteiger partial charge in [-0.15, -0.1) is 0 Å². The first-order valence-electron chi connectivity index (χ1n) is 8.19. The highest BCUT2D eigenvalue weighted by Gasteiger charge is 2.19. The van der Waals surface area contributed by atoms with E-state index in [1.807, 2.05) is 52.1 Å². The topological polar surface area (TPSA) is 59.2 Å². The van der Waals surface area contributed by atoms with Gasteiger partial charge in [0, 0.05) is 31.5 Å². The second-order valence-electron chi connectivity index (χ2n) is 5.91. The number of amides is 1. The summed E-state index contributed by atoms with van der Waals surface area (Å²) in [6.45, 7) is 6.72. The Morgan fingerprint density at radius 2 is 2.04 bits per heavy atom. The van der Waals surface area contributed by atoms with Crippen molar-refractivity contribution in [3.05, 3.63) is 35.7 Å². The van der Waals surface area contributed by atoms with Crippen LogP contribution in [0.4, 0.5) is 0 Å². The molecule has 0 radical (unpaired) electrons. The smallest absolute Gasteiger partial charge is 0.257 e. The van der Waals surface area contributed by atoms with Crippen LogP contribution in [0.25, 0.3) is 11.5 Å². The molecule has 0 saturated carbocycles. The molecule has 0 unspecified atom stereocenters. The molecule has 1 aromatic heterocycles. The van der Waals surface area contributed by atoms with Crippen LogP contribution >= 0.6 is 0 Å². The molecule has 0 aliphatic rings. The zero-order valence-corrected chi connectivity index (χ0v) is 14.4. The summed E-state index contributed by atoms with van der Waals surface area (Å²) in [7, 11) is 1.84. The van der Waals surface area contributed by atoms with Crippen molar-refractivity contribution in [3.8, 4) is 11.5 Å². The van der Waals surface area contributed by atoms with Crippen LogP contribution in [0.15, 0.2) is 28.8 Å². The SMILES string of the molecule is CCC(CC)C(=O)N(C)CCc1noc(-c2cccc(C)c2)n1. The molecular weight excluding hydrogens is 290 g/mol. The number of aromatic nitrogens is 2. The number of carbonyl (C=O) groups is 1. The molecule has 1 heterocycles. The number of hydrogen-bond donors (Lipinski definition) is 0. The highest BCUT2D eigenvalue weighted by atomic mass is 16.5. The first-order chi connectivity index (χ1) is 11.0. The molecule has 5 heteroatoms. The lowest BCUT2D eigenvalue weighted by Crippen LogP contribution is -2.34. The van der Waals surface area contributed by atoms with Crippen molar-refractivity contribution >= 4 is 5.91 Å². The van der Waals surface area contributed by atoms with Crippen LogP contribution < -0.4 is 0 Å². The molecule has 0 aliphatic heterocycles. The zero-order chi connectivity index (χ0) is 16.8. The average Bonchev–Trinajstić information content (AvgIpc) is 3.02. The Morgan fingerprint density at radius 1 is 1.30 bits per heavy atom. The van der Waals surface area contributed by atoms with Gasteiger partial charge in [0.25, 0.3) is 5.89 Å². The van der Waals surface area contributed by atoms with Crippen LogP contribution in [-0.4, -0.2) is 34.5 Å². The fraction of sp³-hybridized carbons (Fsp3) is 0.500. The van der Waals surface area contributed by atoms with Crippen molar-refractivity contribution in [1.82, 2.24) is 15.0 Å². The van der Waals surface area contributed by atoms with Gasteiger partial charge < -0.3 is 9.42 Å². The summed E-state index contributed by atoms with van der Waals surface area (Å²) in [5.41, 5.74) is 2.07. The van der Waals surface area contributed by atoms with Gasteiger partial charge >= 0.3 is 0 Å². The second kappa shape index (κ2) is 7.90. The Kier molecular flexibility index (Phi) is 5.90. The number of aryl methyl sites for hydroxylation is 1. The molecule has 1 aromatic carbocycles. The summed E-state index contributed by atoms with van der Waals surface area (Å²) in [6.07, 6.45) is 2.34. The first kappa shape index (κ1) is 17.2. The van der Waals surface area contributed by atoms with E-state index in [1.54, 1.807) is 4.90 Å². The summed E-state index contributed by atoms with van der Waals surface area (Å²) < 4.78 is 5.32. The van der Waals surface area contributed by atoms with E-state index in [-0.39, 0.29) is 11.8 Å². The largest absolute Gasteiger partial charge is 0.345 e. The molecule has 0 atom stereocenters. The normalized spacial score (nSPS) is 11.0. The molecular formula is C18H25N3O2. The van der Waals surface area contributed by atoms with Gasteiger partial charge in [-0.25, -0.2) is 0 Å². The predicted molar refractivity (Wildman–Crippen MR) is 89.9 cm³/mol. The van der Waals surface area contributed by atoms with Gasteiger partial charge in [0.2, 0.25) is 5.91 Å². The van der Waals surface area contributed by atoms with Crippen LogP contribution in [-0.2, 0) is 11.2 Å². The molecule has 2 aromatic rings. The van der Waals surface area contributed by atoms with Gasteiger partial charge in [0.05, 0.1) is 0 Å². The molecule has 5 nitrogen and oxygen atoms in total. The third-order valence-corrected chi connectivity index (χ3v) is 4.11. The van der Waals surface area contributed by atoms with Crippen LogP contribution in [0, 0.1) is 12.8 Å². The number of nitrogens with zero attached hydrogens (tertiary/aromatic N) is 3. The molecule has 0 saturated heterocycles. The minimum absolute atomic E-state index is 0.105. The van der Waals surface area contributed by atoms with Gasteiger partial charge in [-0.05, 0) is 31.9 Å². The maximum atomic E-state index is 12.3. The van der Waals surface area contributed by atoms with Crippen molar-refractivity contribution < 1.29 is 9.32 Å². The molecule has 0 bridgehead atoms. The fourth-order valence-corrected chi connectivity index (χ4v) is 2.58. The standard InChI is InChI=1S/C18H25N3O2/c1-5-14(6-2)18(22)21(4)11-10-16-19-17(23-20-16)15-9-7-8-13(3)12-15/h7-9,12,14H,5-6,10-11H2,1-4H3. The number of hydrogen-bond acceptors (Lipinski definition) is 4. The third-order valence-electron chi connectivity index (χ3n) is 4.11. The lowest BCUT2D eigenvalue weighted by molar-refractivity contribution is -0.134. The van der Waals surface area contributed by atoms with Crippen molar-refractivity contribution in [2.24, 2.45) is 5.92 Å². The monoisotopic (exact) mass is 315 g/mol. The summed E-state index contributed by atoms with van der Waals surface area (Å²) in [4.78, 5) is 18.4. The summed E-state index contributed by atoms with van der Waals surface area (Å²) in [6, 6.07) is 7.96. The molecule has 0 N–H and O–H groups in total. The highest BCUT2D eigenvalue weighted by molar-refractivity contribution is 5.78. The first-order valence-corrected chi connectivity index (χ1v) is 8.19. The van der Waals surface area contributed by atoms with Crippen molar-refractivity contribution in [2.75, 3.05) is 13.6 Å². The Balaban J connectivity index is 1.96. The number of likely N-dealkylation sites (N-methyl/N-ethyl adjacent to an activating group) is 1. The Morgan fingerprint density at radius 3 is 2.70 bits per heavy atom. The van der Waals surface area contributed by atoms with Crippen LogP contribution in [0.1, 0.15) is 38.1 Å². The minimum Gasteiger partial charge on any atom is -0.345 e. The van der Waals surface area contributed by atoms with E-state index in [1.165, 1.54) is 0 Å². The lowest BCUT2D eigenvalue weighted by atomic mass is 10.0. The summed E-state index contributed by atoms with van der Waals surface area (Å²) in [5, 5.41) is 4.01. The van der Waals surface area contributed by atoms with Crippen molar-refractivity contribution in [3.63, 3.8) is 0 Å². The van der Waals surface area contributed by atoms with E-state index in [4.69, 9.17) is 4.52 Å². The minimum atomic E-state index is 0.105. The molecule has 0 fully saturated rings. The van der Waals surface area contributed by atoms with Gasteiger partial charge in [-0.1, -0.05) is 36.7 Å². The van der Waals surface area contributed by atoms with Crippen LogP contribution in [0.3, 0.4) is 0 Å². The Hall–Kier alpha value is -2.17. The molecule has 0 aliphatic carbocycles. The van der Waals surface area contributed by atoms with Gasteiger partial charge in [0.1, 0.15) is 0 Å². The van der Waals surface area contributed by atoms with E-state index < -0.39 is 0 Å². The molecule has 1 amide bonds. The zero-order valence-electron chi connectivity index (χ0n) is 14.4. The number of carbonyl (C=O) groups excluding carboxylic acids is 1. The maximum absolute atomic E-state index is 12.3. The van der Waals surface area contributed by atoms with Crippen molar-refractivity contribution in [1.29, 1.82) is 0 Å². The number of rotatable bonds is 7. The predicted octanol–water partition coefficient (Wildman–Crippen LogP) is 3.48. The van der Waals surface area contributed by atoms with Gasteiger partial charge in [0.15, 0.2) is 5.82 Å². The lowest BCUT2D eigenvalue weighted by Gasteiger charge is -2.21. The third kappa shape index (κ3) is 4.41. The quantitative estimate of drug-likeness (QED) is 0.785. The fourth-order valence-electron chi connectivity index (χ4n) is 2.58. The van der Waals surface area contributed by atoms with E-state index in [9.17, 15) is 4.79 Å². The second-order valence-corrected chi connectivity index (χ2v) is 5.91. The molecule has 124 valence electrons. The summed E-state index contributed by atoms with van der Waals surface area (Å²) in [5.74, 6) is 1.45. The Bertz CT molecular complexity index is 647. The molecule has 0 spiro atoms. The van der Waals surface area contributed by atoms with Gasteiger partial charge in [-0.3, -0.25) is 4.79 Å².